The van der Waals surface area contributed by atoms with Crippen LogP contribution in [0.4, 0.5) is 0 Å². The van der Waals surface area contributed by atoms with Gasteiger partial charge in [-0.05, 0) is 12.1 Å². The lowest BCUT2D eigenvalue weighted by Crippen LogP contribution is -2.52. The van der Waals surface area contributed by atoms with Crippen molar-refractivity contribution in [2.45, 2.75) is 5.60 Å². The van der Waals surface area contributed by atoms with Gasteiger partial charge in [0, 0.05) is 13.7 Å². The fourth-order valence-electron chi connectivity index (χ4n) is 2.25. The second-order valence-electron chi connectivity index (χ2n) is 5.06. The third-order valence-electron chi connectivity index (χ3n) is 3.56. The molecule has 0 aromatic heterocycles. The van der Waals surface area contributed by atoms with E-state index in [9.17, 15) is 4.79 Å². The Kier molecular flexibility index (Phi) is 7.61. The van der Waals surface area contributed by atoms with Crippen LogP contribution in [0.1, 0.15) is 0 Å². The molecule has 1 aliphatic rings. The van der Waals surface area contributed by atoms with E-state index in [1.165, 1.54) is 0 Å². The number of halogens is 1. The van der Waals surface area contributed by atoms with Crippen molar-refractivity contribution in [1.29, 1.82) is 0 Å². The summed E-state index contributed by atoms with van der Waals surface area (Å²) in [6.07, 6.45) is 0. The second-order valence-corrected chi connectivity index (χ2v) is 5.06. The summed E-state index contributed by atoms with van der Waals surface area (Å²) in [6.45, 7) is 2.08. The van der Waals surface area contributed by atoms with E-state index in [4.69, 9.17) is 19.9 Å². The molecule has 1 fully saturated rings. The monoisotopic (exact) mass is 330 g/mol. The summed E-state index contributed by atoms with van der Waals surface area (Å²) in [7, 11) is 1.61. The molecule has 7 heteroatoms. The third-order valence-corrected chi connectivity index (χ3v) is 3.56. The predicted octanol–water partition coefficient (Wildman–Crippen LogP) is 0.690. The average Bonchev–Trinajstić information content (AvgIpc) is 2.76. The zero-order valence-corrected chi connectivity index (χ0v) is 13.5. The molecule has 22 heavy (non-hydrogen) atoms. The summed E-state index contributed by atoms with van der Waals surface area (Å²) >= 11 is 0. The van der Waals surface area contributed by atoms with Gasteiger partial charge in [-0.25, -0.2) is 0 Å². The first-order chi connectivity index (χ1) is 10.2. The maximum Gasteiger partial charge on any atom is 0.236 e. The van der Waals surface area contributed by atoms with Crippen LogP contribution in [-0.4, -0.2) is 63.0 Å². The molecule has 1 aromatic rings. The lowest BCUT2D eigenvalue weighted by atomic mass is 10.1. The number of ether oxygens (including phenoxy) is 3. The zero-order valence-electron chi connectivity index (χ0n) is 12.7. The highest BCUT2D eigenvalue weighted by molar-refractivity contribution is 5.85. The number of methoxy groups -OCH3 is 1. The van der Waals surface area contributed by atoms with E-state index < -0.39 is 5.60 Å². The molecule has 0 bridgehead atoms. The van der Waals surface area contributed by atoms with E-state index in [1.807, 2.05) is 30.3 Å². The number of carbonyl (C=O) groups excluding carboxylic acids is 1. The molecule has 1 saturated heterocycles. The van der Waals surface area contributed by atoms with Gasteiger partial charge in [-0.15, -0.1) is 12.4 Å². The van der Waals surface area contributed by atoms with E-state index in [0.717, 1.165) is 5.75 Å². The molecule has 1 heterocycles. The number of hydrogen-bond donors (Lipinski definition) is 1. The largest absolute Gasteiger partial charge is 0.490 e. The van der Waals surface area contributed by atoms with Gasteiger partial charge in [-0.3, -0.25) is 4.79 Å². The van der Waals surface area contributed by atoms with Crippen LogP contribution in [-0.2, 0) is 14.3 Å². The Bertz CT molecular complexity index is 460. The fourth-order valence-corrected chi connectivity index (χ4v) is 2.25. The summed E-state index contributed by atoms with van der Waals surface area (Å²) < 4.78 is 17.0. The van der Waals surface area contributed by atoms with Crippen LogP contribution in [0.3, 0.4) is 0 Å². The Morgan fingerprint density at radius 2 is 2.14 bits per heavy atom. The first kappa shape index (κ1) is 18.7. The average molecular weight is 331 g/mol. The van der Waals surface area contributed by atoms with Crippen molar-refractivity contribution in [2.75, 3.05) is 46.6 Å². The highest BCUT2D eigenvalue weighted by Crippen LogP contribution is 2.19. The maximum absolute atomic E-state index is 11.8. The van der Waals surface area contributed by atoms with Crippen molar-refractivity contribution < 1.29 is 19.0 Å². The van der Waals surface area contributed by atoms with E-state index in [1.54, 1.807) is 12.0 Å². The van der Waals surface area contributed by atoms with Crippen molar-refractivity contribution in [3.8, 4) is 5.75 Å². The number of hydrogen-bond acceptors (Lipinski definition) is 5. The lowest BCUT2D eigenvalue weighted by Gasteiger charge is -2.33. The zero-order chi connectivity index (χ0) is 15.1. The van der Waals surface area contributed by atoms with E-state index in [-0.39, 0.29) is 24.9 Å². The van der Waals surface area contributed by atoms with Crippen LogP contribution in [0.2, 0.25) is 0 Å². The topological polar surface area (TPSA) is 74.0 Å². The molecule has 1 aromatic carbocycles. The highest BCUT2D eigenvalue weighted by Gasteiger charge is 2.37. The molecular weight excluding hydrogens is 308 g/mol. The lowest BCUT2D eigenvalue weighted by molar-refractivity contribution is -0.135. The molecule has 1 aliphatic heterocycles. The summed E-state index contributed by atoms with van der Waals surface area (Å²) in [6, 6.07) is 9.49. The summed E-state index contributed by atoms with van der Waals surface area (Å²) in [4.78, 5) is 13.5. The molecule has 0 radical (unpaired) electrons. The van der Waals surface area contributed by atoms with Gasteiger partial charge in [-0.1, -0.05) is 18.2 Å². The van der Waals surface area contributed by atoms with Gasteiger partial charge in [0.25, 0.3) is 0 Å². The molecule has 0 aliphatic carbocycles. The summed E-state index contributed by atoms with van der Waals surface area (Å²) in [5, 5.41) is 0. The number of nitrogens with two attached hydrogens (primary N) is 1. The van der Waals surface area contributed by atoms with E-state index in [2.05, 4.69) is 0 Å². The Labute approximate surface area is 136 Å². The van der Waals surface area contributed by atoms with Crippen molar-refractivity contribution in [1.82, 2.24) is 4.90 Å². The predicted molar refractivity (Wildman–Crippen MR) is 85.4 cm³/mol. The second kappa shape index (κ2) is 8.95. The fraction of sp³-hybridized carbons (Fsp3) is 0.533. The highest BCUT2D eigenvalue weighted by atomic mass is 35.5. The molecule has 1 amide bonds. The summed E-state index contributed by atoms with van der Waals surface area (Å²) in [5.41, 5.74) is 4.76. The number of rotatable bonds is 5. The van der Waals surface area contributed by atoms with Gasteiger partial charge in [-0.2, -0.15) is 0 Å². The van der Waals surface area contributed by atoms with Crippen molar-refractivity contribution in [2.24, 2.45) is 5.73 Å². The van der Waals surface area contributed by atoms with Crippen LogP contribution < -0.4 is 10.5 Å². The molecule has 0 spiro atoms. The smallest absolute Gasteiger partial charge is 0.236 e. The van der Waals surface area contributed by atoms with Crippen LogP contribution in [0.25, 0.3) is 0 Å². The van der Waals surface area contributed by atoms with Gasteiger partial charge in [0.05, 0.1) is 26.3 Å². The molecule has 1 unspecified atom stereocenters. The molecule has 1 atom stereocenters. The molecular formula is C15H23ClN2O4. The van der Waals surface area contributed by atoms with Gasteiger partial charge in [0.15, 0.2) is 0 Å². The van der Waals surface area contributed by atoms with Crippen LogP contribution in [0, 0.1) is 0 Å². The minimum Gasteiger partial charge on any atom is -0.490 e. The quantitative estimate of drug-likeness (QED) is 0.860. The van der Waals surface area contributed by atoms with Gasteiger partial charge < -0.3 is 24.8 Å². The Hall–Kier alpha value is -1.34. The number of benzene rings is 1. The summed E-state index contributed by atoms with van der Waals surface area (Å²) in [5.74, 6) is 0.650. The van der Waals surface area contributed by atoms with Gasteiger partial charge >= 0.3 is 0 Å². The SMILES string of the molecule is COC1(COc2ccccc2)COCCN(C(=O)CN)C1.Cl. The van der Waals surface area contributed by atoms with Crippen LogP contribution in [0.5, 0.6) is 5.75 Å². The maximum atomic E-state index is 11.8. The Balaban J connectivity index is 0.00000242. The van der Waals surface area contributed by atoms with Crippen molar-refractivity contribution in [3.05, 3.63) is 30.3 Å². The van der Waals surface area contributed by atoms with Crippen molar-refractivity contribution >= 4 is 18.3 Å². The molecule has 0 saturated carbocycles. The molecule has 6 nitrogen and oxygen atoms in total. The molecule has 2 N–H and O–H groups in total. The minimum atomic E-state index is -0.683. The van der Waals surface area contributed by atoms with Gasteiger partial charge in [0.2, 0.25) is 5.91 Å². The van der Waals surface area contributed by atoms with Crippen LogP contribution in [0.15, 0.2) is 30.3 Å². The molecule has 124 valence electrons. The Morgan fingerprint density at radius 3 is 2.77 bits per heavy atom. The number of amides is 1. The van der Waals surface area contributed by atoms with Crippen LogP contribution >= 0.6 is 12.4 Å². The van der Waals surface area contributed by atoms with E-state index in [0.29, 0.717) is 32.9 Å². The third kappa shape index (κ3) is 4.84. The first-order valence-electron chi connectivity index (χ1n) is 6.98. The van der Waals surface area contributed by atoms with E-state index >= 15 is 0 Å². The van der Waals surface area contributed by atoms with Crippen molar-refractivity contribution in [3.63, 3.8) is 0 Å². The standard InChI is InChI=1S/C15H22N2O4.ClH/c1-19-15(12-21-13-5-3-2-4-6-13)10-17(14(18)9-16)7-8-20-11-15;/h2-6H,7-12,16H2,1H3;1H. The normalized spacial score (nSPS) is 21.6. The Morgan fingerprint density at radius 1 is 1.41 bits per heavy atom. The minimum absolute atomic E-state index is 0. The number of para-hydroxylation sites is 1. The first-order valence-corrected chi connectivity index (χ1v) is 6.98. The van der Waals surface area contributed by atoms with Gasteiger partial charge in [0.1, 0.15) is 18.0 Å². The molecule has 2 rings (SSSR count). The number of nitrogens with zero attached hydrogens (tertiary/aromatic N) is 1. The number of carbonyl (C=O) groups is 1.